The van der Waals surface area contributed by atoms with E-state index in [1.54, 1.807) is 11.9 Å². The van der Waals surface area contributed by atoms with Crippen molar-refractivity contribution < 1.29 is 9.18 Å². The summed E-state index contributed by atoms with van der Waals surface area (Å²) >= 11 is 5.79. The molecule has 1 amide bonds. The lowest BCUT2D eigenvalue weighted by Gasteiger charge is -2.24. The molecular formula is C13H15ClFNO. The van der Waals surface area contributed by atoms with E-state index in [1.165, 1.54) is 18.2 Å². The van der Waals surface area contributed by atoms with Crippen LogP contribution in [0, 0.1) is 5.82 Å². The predicted molar refractivity (Wildman–Crippen MR) is 65.8 cm³/mol. The average molecular weight is 256 g/mol. The first kappa shape index (κ1) is 12.4. The maximum absolute atomic E-state index is 13.6. The van der Waals surface area contributed by atoms with E-state index in [0.717, 1.165) is 25.7 Å². The molecule has 0 atom stereocenters. The van der Waals surface area contributed by atoms with Crippen molar-refractivity contribution >= 4 is 17.5 Å². The molecule has 1 fully saturated rings. The van der Waals surface area contributed by atoms with Crippen LogP contribution < -0.4 is 0 Å². The van der Waals surface area contributed by atoms with Gasteiger partial charge in [-0.1, -0.05) is 24.4 Å². The summed E-state index contributed by atoms with van der Waals surface area (Å²) in [5.74, 6) is -0.791. The van der Waals surface area contributed by atoms with Gasteiger partial charge in [-0.15, -0.1) is 0 Å². The van der Waals surface area contributed by atoms with Crippen LogP contribution in [0.1, 0.15) is 36.0 Å². The van der Waals surface area contributed by atoms with E-state index >= 15 is 0 Å². The van der Waals surface area contributed by atoms with Gasteiger partial charge in [-0.2, -0.15) is 0 Å². The first-order valence-electron chi connectivity index (χ1n) is 5.82. The first-order chi connectivity index (χ1) is 8.09. The molecular weight excluding hydrogens is 241 g/mol. The van der Waals surface area contributed by atoms with Gasteiger partial charge < -0.3 is 4.90 Å². The van der Waals surface area contributed by atoms with Crippen LogP contribution in [0.25, 0.3) is 0 Å². The van der Waals surface area contributed by atoms with Crippen molar-refractivity contribution in [3.05, 3.63) is 34.6 Å². The molecule has 0 heterocycles. The van der Waals surface area contributed by atoms with Crippen LogP contribution in [-0.2, 0) is 0 Å². The third-order valence-electron chi connectivity index (χ3n) is 3.35. The Bertz CT molecular complexity index is 429. The van der Waals surface area contributed by atoms with Gasteiger partial charge in [-0.25, -0.2) is 4.39 Å². The Morgan fingerprint density at radius 3 is 2.71 bits per heavy atom. The molecule has 0 aliphatic heterocycles. The third kappa shape index (κ3) is 2.60. The van der Waals surface area contributed by atoms with Crippen LogP contribution in [0.5, 0.6) is 0 Å². The number of halogens is 2. The van der Waals surface area contributed by atoms with Gasteiger partial charge in [0.2, 0.25) is 0 Å². The van der Waals surface area contributed by atoms with Crippen molar-refractivity contribution in [2.24, 2.45) is 0 Å². The molecule has 17 heavy (non-hydrogen) atoms. The zero-order valence-corrected chi connectivity index (χ0v) is 10.5. The molecule has 4 heteroatoms. The quantitative estimate of drug-likeness (QED) is 0.792. The highest BCUT2D eigenvalue weighted by Gasteiger charge is 2.25. The fourth-order valence-corrected chi connectivity index (χ4v) is 2.48. The number of rotatable bonds is 2. The van der Waals surface area contributed by atoms with E-state index in [9.17, 15) is 9.18 Å². The highest BCUT2D eigenvalue weighted by atomic mass is 35.5. The van der Waals surface area contributed by atoms with E-state index in [4.69, 9.17) is 11.6 Å². The minimum Gasteiger partial charge on any atom is -0.339 e. The van der Waals surface area contributed by atoms with Gasteiger partial charge in [0, 0.05) is 18.1 Å². The van der Waals surface area contributed by atoms with Crippen LogP contribution in [-0.4, -0.2) is 23.9 Å². The molecule has 2 nitrogen and oxygen atoms in total. The number of benzene rings is 1. The Morgan fingerprint density at radius 1 is 1.41 bits per heavy atom. The maximum atomic E-state index is 13.6. The molecule has 0 bridgehead atoms. The first-order valence-corrected chi connectivity index (χ1v) is 6.19. The summed E-state index contributed by atoms with van der Waals surface area (Å²) in [5, 5.41) is 0.384. The number of carbonyl (C=O) groups is 1. The summed E-state index contributed by atoms with van der Waals surface area (Å²) in [6, 6.07) is 4.31. The van der Waals surface area contributed by atoms with Gasteiger partial charge >= 0.3 is 0 Å². The maximum Gasteiger partial charge on any atom is 0.256 e. The molecule has 1 saturated carbocycles. The number of hydrogen-bond donors (Lipinski definition) is 0. The SMILES string of the molecule is CN(C(=O)c1cc(Cl)ccc1F)C1CCCC1. The van der Waals surface area contributed by atoms with E-state index in [2.05, 4.69) is 0 Å². The smallest absolute Gasteiger partial charge is 0.256 e. The van der Waals surface area contributed by atoms with Gasteiger partial charge in [0.1, 0.15) is 5.82 Å². The number of carbonyl (C=O) groups excluding carboxylic acids is 1. The Labute approximate surface area is 105 Å². The average Bonchev–Trinajstić information content (AvgIpc) is 2.84. The number of hydrogen-bond acceptors (Lipinski definition) is 1. The fraction of sp³-hybridized carbons (Fsp3) is 0.462. The van der Waals surface area contributed by atoms with Crippen molar-refractivity contribution in [3.63, 3.8) is 0 Å². The van der Waals surface area contributed by atoms with Gasteiger partial charge in [-0.05, 0) is 31.0 Å². The van der Waals surface area contributed by atoms with Crippen LogP contribution in [0.2, 0.25) is 5.02 Å². The fourth-order valence-electron chi connectivity index (χ4n) is 2.31. The normalized spacial score (nSPS) is 16.2. The van der Waals surface area contributed by atoms with E-state index in [-0.39, 0.29) is 17.5 Å². The second-order valence-corrected chi connectivity index (χ2v) is 4.91. The summed E-state index contributed by atoms with van der Waals surface area (Å²) in [5.41, 5.74) is 0.0619. The molecule has 0 unspecified atom stereocenters. The van der Waals surface area contributed by atoms with E-state index < -0.39 is 5.82 Å². The molecule has 1 aromatic carbocycles. The van der Waals surface area contributed by atoms with Crippen LogP contribution in [0.3, 0.4) is 0 Å². The monoisotopic (exact) mass is 255 g/mol. The van der Waals surface area contributed by atoms with Crippen molar-refractivity contribution in [3.8, 4) is 0 Å². The Kier molecular flexibility index (Phi) is 3.67. The van der Waals surface area contributed by atoms with E-state index in [0.29, 0.717) is 5.02 Å². The summed E-state index contributed by atoms with van der Waals surface area (Å²) in [7, 11) is 1.73. The largest absolute Gasteiger partial charge is 0.339 e. The van der Waals surface area contributed by atoms with Crippen molar-refractivity contribution in [2.45, 2.75) is 31.7 Å². The van der Waals surface area contributed by atoms with Crippen LogP contribution in [0.4, 0.5) is 4.39 Å². The summed E-state index contributed by atoms with van der Waals surface area (Å²) in [6.07, 6.45) is 4.29. The molecule has 0 radical (unpaired) electrons. The standard InChI is InChI=1S/C13H15ClFNO/c1-16(10-4-2-3-5-10)13(17)11-8-9(14)6-7-12(11)15/h6-8,10H,2-5H2,1H3. The zero-order valence-electron chi connectivity index (χ0n) is 9.75. The zero-order chi connectivity index (χ0) is 12.4. The molecule has 0 saturated heterocycles. The van der Waals surface area contributed by atoms with Crippen LogP contribution >= 0.6 is 11.6 Å². The molecule has 1 aliphatic rings. The molecule has 0 aromatic heterocycles. The summed E-state index contributed by atoms with van der Waals surface area (Å²) in [4.78, 5) is 13.8. The lowest BCUT2D eigenvalue weighted by Crippen LogP contribution is -2.35. The molecule has 0 N–H and O–H groups in total. The minimum absolute atomic E-state index is 0.0619. The lowest BCUT2D eigenvalue weighted by molar-refractivity contribution is 0.0730. The van der Waals surface area contributed by atoms with Gasteiger partial charge in [0.05, 0.1) is 5.56 Å². The van der Waals surface area contributed by atoms with Crippen molar-refractivity contribution in [2.75, 3.05) is 7.05 Å². The Morgan fingerprint density at radius 2 is 2.06 bits per heavy atom. The van der Waals surface area contributed by atoms with Crippen molar-refractivity contribution in [1.82, 2.24) is 4.90 Å². The highest BCUT2D eigenvalue weighted by molar-refractivity contribution is 6.31. The second kappa shape index (κ2) is 5.05. The predicted octanol–water partition coefficient (Wildman–Crippen LogP) is 3.49. The third-order valence-corrected chi connectivity index (χ3v) is 3.59. The molecule has 2 rings (SSSR count). The molecule has 1 aliphatic carbocycles. The van der Waals surface area contributed by atoms with Crippen LogP contribution in [0.15, 0.2) is 18.2 Å². The molecule has 92 valence electrons. The van der Waals surface area contributed by atoms with Gasteiger partial charge in [0.15, 0.2) is 0 Å². The Balaban J connectivity index is 2.20. The summed E-state index contributed by atoms with van der Waals surface area (Å²) < 4.78 is 13.6. The second-order valence-electron chi connectivity index (χ2n) is 4.48. The Hall–Kier alpha value is -1.09. The summed E-state index contributed by atoms with van der Waals surface area (Å²) in [6.45, 7) is 0. The number of amides is 1. The molecule has 1 aromatic rings. The lowest BCUT2D eigenvalue weighted by atomic mass is 10.1. The van der Waals surface area contributed by atoms with Crippen molar-refractivity contribution in [1.29, 1.82) is 0 Å². The minimum atomic E-state index is -0.510. The highest BCUT2D eigenvalue weighted by Crippen LogP contribution is 2.25. The van der Waals surface area contributed by atoms with Gasteiger partial charge in [0.25, 0.3) is 5.91 Å². The van der Waals surface area contributed by atoms with Gasteiger partial charge in [-0.3, -0.25) is 4.79 Å². The number of nitrogens with zero attached hydrogens (tertiary/aromatic N) is 1. The molecule has 0 spiro atoms. The topological polar surface area (TPSA) is 20.3 Å². The van der Waals surface area contributed by atoms with E-state index in [1.807, 2.05) is 0 Å².